The molecule has 8 heteroatoms. The van der Waals surface area contributed by atoms with Gasteiger partial charge in [-0.1, -0.05) is 18.2 Å². The van der Waals surface area contributed by atoms with Gasteiger partial charge in [-0.15, -0.1) is 11.3 Å². The van der Waals surface area contributed by atoms with Gasteiger partial charge in [0, 0.05) is 42.3 Å². The normalized spacial score (nSPS) is 16.3. The molecule has 1 saturated heterocycles. The Kier molecular flexibility index (Phi) is 8.13. The van der Waals surface area contributed by atoms with Crippen LogP contribution in [-0.4, -0.2) is 53.9 Å². The van der Waals surface area contributed by atoms with E-state index in [0.717, 1.165) is 98.4 Å². The highest BCUT2D eigenvalue weighted by molar-refractivity contribution is 7.09. The summed E-state index contributed by atoms with van der Waals surface area (Å²) >= 11 is 1.58. The quantitative estimate of drug-likeness (QED) is 0.378. The summed E-state index contributed by atoms with van der Waals surface area (Å²) in [4.78, 5) is 23.7. The molecule has 1 atom stereocenters. The number of pyridine rings is 1. The number of rotatable bonds is 10. The van der Waals surface area contributed by atoms with Gasteiger partial charge >= 0.3 is 5.97 Å². The number of carboxylic acids is 1. The van der Waals surface area contributed by atoms with Crippen molar-refractivity contribution in [2.45, 2.75) is 50.9 Å². The molecule has 2 aliphatic rings. The first-order chi connectivity index (χ1) is 17.7. The number of thiazole rings is 1. The molecule has 2 aliphatic heterocycles. The van der Waals surface area contributed by atoms with Gasteiger partial charge in [0.25, 0.3) is 0 Å². The van der Waals surface area contributed by atoms with Crippen molar-refractivity contribution in [3.05, 3.63) is 69.3 Å². The van der Waals surface area contributed by atoms with Crippen LogP contribution in [0.4, 0.5) is 11.5 Å². The second kappa shape index (κ2) is 11.8. The number of hydrogen-bond acceptors (Lipinski definition) is 7. The molecule has 0 radical (unpaired) electrons. The lowest BCUT2D eigenvalue weighted by molar-refractivity contribution is -0.137. The van der Waals surface area contributed by atoms with Crippen molar-refractivity contribution in [2.75, 3.05) is 43.1 Å². The molecule has 2 aromatic heterocycles. The number of hydrogen-bond donors (Lipinski definition) is 2. The van der Waals surface area contributed by atoms with Crippen LogP contribution in [0.3, 0.4) is 0 Å². The van der Waals surface area contributed by atoms with Gasteiger partial charge in [0.15, 0.2) is 0 Å². The fourth-order valence-electron chi connectivity index (χ4n) is 5.00. The molecule has 3 aromatic rings. The van der Waals surface area contributed by atoms with Gasteiger partial charge in [-0.3, -0.25) is 4.79 Å². The monoisotopic (exact) mass is 506 g/mol. The SMILES string of the molecule is O=C(O)CC(c1cccc(N2CCOCC2)c1)c1nc(CCCCc2ccc3c(n2)NCCC3)cs1. The summed E-state index contributed by atoms with van der Waals surface area (Å²) < 4.78 is 5.48. The molecule has 5 rings (SSSR count). The Morgan fingerprint density at radius 1 is 1.11 bits per heavy atom. The highest BCUT2D eigenvalue weighted by atomic mass is 32.1. The molecule has 0 spiro atoms. The van der Waals surface area contributed by atoms with Crippen LogP contribution in [0.2, 0.25) is 0 Å². The fourth-order valence-corrected chi connectivity index (χ4v) is 5.98. The van der Waals surface area contributed by atoms with Crippen LogP contribution in [0.15, 0.2) is 41.8 Å². The van der Waals surface area contributed by atoms with Gasteiger partial charge in [-0.2, -0.15) is 0 Å². The van der Waals surface area contributed by atoms with Crippen LogP contribution < -0.4 is 10.2 Å². The molecule has 1 unspecified atom stereocenters. The molecule has 1 aromatic carbocycles. The average Bonchev–Trinajstić information content (AvgIpc) is 3.39. The maximum absolute atomic E-state index is 11.7. The Morgan fingerprint density at radius 2 is 1.94 bits per heavy atom. The smallest absolute Gasteiger partial charge is 0.304 e. The summed E-state index contributed by atoms with van der Waals surface area (Å²) in [5.41, 5.74) is 5.65. The number of unbranched alkanes of at least 4 members (excludes halogenated alkanes) is 1. The molecule has 0 saturated carbocycles. The first kappa shape index (κ1) is 24.7. The van der Waals surface area contributed by atoms with Gasteiger partial charge in [-0.25, -0.2) is 9.97 Å². The Balaban J connectivity index is 1.20. The van der Waals surface area contributed by atoms with Crippen molar-refractivity contribution in [1.29, 1.82) is 0 Å². The molecule has 1 fully saturated rings. The number of carboxylic acid groups (broad SMARTS) is 1. The molecule has 7 nitrogen and oxygen atoms in total. The van der Waals surface area contributed by atoms with E-state index < -0.39 is 5.97 Å². The van der Waals surface area contributed by atoms with Crippen molar-refractivity contribution in [3.8, 4) is 0 Å². The molecule has 0 bridgehead atoms. The Labute approximate surface area is 216 Å². The first-order valence-electron chi connectivity index (χ1n) is 13.0. The third-order valence-electron chi connectivity index (χ3n) is 6.96. The van der Waals surface area contributed by atoms with Gasteiger partial charge in [0.05, 0.1) is 25.3 Å². The minimum absolute atomic E-state index is 0.0392. The number of aryl methyl sites for hydroxylation is 3. The summed E-state index contributed by atoms with van der Waals surface area (Å²) in [6, 6.07) is 12.6. The van der Waals surface area contributed by atoms with E-state index in [1.807, 2.05) is 12.1 Å². The van der Waals surface area contributed by atoms with E-state index >= 15 is 0 Å². The Hall–Kier alpha value is -2.97. The van der Waals surface area contributed by atoms with Crippen molar-refractivity contribution >= 4 is 28.8 Å². The van der Waals surface area contributed by atoms with Crippen LogP contribution in [0, 0.1) is 0 Å². The predicted molar refractivity (Wildman–Crippen MR) is 143 cm³/mol. The minimum atomic E-state index is -0.805. The van der Waals surface area contributed by atoms with Crippen molar-refractivity contribution in [1.82, 2.24) is 9.97 Å². The second-order valence-corrected chi connectivity index (χ2v) is 10.5. The lowest BCUT2D eigenvalue weighted by atomic mass is 9.95. The van der Waals surface area contributed by atoms with E-state index in [-0.39, 0.29) is 12.3 Å². The van der Waals surface area contributed by atoms with E-state index in [2.05, 4.69) is 39.9 Å². The number of ether oxygens (including phenoxy) is 1. The zero-order valence-electron chi connectivity index (χ0n) is 20.6. The van der Waals surface area contributed by atoms with E-state index in [0.29, 0.717) is 0 Å². The first-order valence-corrected chi connectivity index (χ1v) is 13.8. The molecular weight excluding hydrogens is 472 g/mol. The van der Waals surface area contributed by atoms with Crippen LogP contribution >= 0.6 is 11.3 Å². The molecule has 2 N–H and O–H groups in total. The number of anilines is 2. The average molecular weight is 507 g/mol. The van der Waals surface area contributed by atoms with E-state index in [4.69, 9.17) is 14.7 Å². The van der Waals surface area contributed by atoms with E-state index in [1.54, 1.807) is 11.3 Å². The molecule has 0 amide bonds. The number of morpholine rings is 1. The Bertz CT molecular complexity index is 1180. The number of fused-ring (bicyclic) bond motifs is 1. The van der Waals surface area contributed by atoms with Crippen LogP contribution in [-0.2, 0) is 28.8 Å². The van der Waals surface area contributed by atoms with Gasteiger partial charge in [0.1, 0.15) is 10.8 Å². The predicted octanol–water partition coefficient (Wildman–Crippen LogP) is 4.90. The number of aliphatic carboxylic acids is 1. The van der Waals surface area contributed by atoms with Gasteiger partial charge in [-0.05, 0) is 67.9 Å². The number of benzene rings is 1. The maximum atomic E-state index is 11.7. The molecule has 4 heterocycles. The zero-order chi connectivity index (χ0) is 24.7. The highest BCUT2D eigenvalue weighted by Gasteiger charge is 2.23. The van der Waals surface area contributed by atoms with Crippen LogP contribution in [0.5, 0.6) is 0 Å². The largest absolute Gasteiger partial charge is 0.481 e. The van der Waals surface area contributed by atoms with E-state index in [1.165, 1.54) is 12.0 Å². The summed E-state index contributed by atoms with van der Waals surface area (Å²) in [5.74, 6) is 0.0139. The topological polar surface area (TPSA) is 87.6 Å². The van der Waals surface area contributed by atoms with Crippen LogP contribution in [0.25, 0.3) is 0 Å². The number of nitrogens with zero attached hydrogens (tertiary/aromatic N) is 3. The highest BCUT2D eigenvalue weighted by Crippen LogP contribution is 2.33. The maximum Gasteiger partial charge on any atom is 0.304 e. The van der Waals surface area contributed by atoms with E-state index in [9.17, 15) is 9.90 Å². The van der Waals surface area contributed by atoms with Gasteiger partial charge in [0.2, 0.25) is 0 Å². The summed E-state index contributed by atoms with van der Waals surface area (Å²) in [7, 11) is 0. The molecule has 190 valence electrons. The number of nitrogens with one attached hydrogen (secondary N) is 1. The summed E-state index contributed by atoms with van der Waals surface area (Å²) in [6.07, 6.45) is 6.27. The Morgan fingerprint density at radius 3 is 2.78 bits per heavy atom. The van der Waals surface area contributed by atoms with Crippen molar-refractivity contribution in [2.24, 2.45) is 0 Å². The molecular formula is C28H34N4O3S. The van der Waals surface area contributed by atoms with Gasteiger partial charge < -0.3 is 20.1 Å². The number of aromatic nitrogens is 2. The number of carbonyl (C=O) groups is 1. The summed E-state index contributed by atoms with van der Waals surface area (Å²) in [5, 5.41) is 16.0. The second-order valence-electron chi connectivity index (χ2n) is 9.57. The lowest BCUT2D eigenvalue weighted by Crippen LogP contribution is -2.36. The van der Waals surface area contributed by atoms with Crippen LogP contribution in [0.1, 0.15) is 59.1 Å². The standard InChI is InChI=1S/C28H34N4O3S/c33-26(34)18-25(21-5-3-9-24(17-21)32-13-15-35-16-14-32)28-31-23(19-36-28)8-2-1-7-22-11-10-20-6-4-12-29-27(20)30-22/h3,5,9-11,17,19,25H,1-2,4,6-8,12-16,18H2,(H,29,30)(H,33,34). The lowest BCUT2D eigenvalue weighted by Gasteiger charge is -2.29. The molecule has 36 heavy (non-hydrogen) atoms. The summed E-state index contributed by atoms with van der Waals surface area (Å²) in [6.45, 7) is 4.16. The fraction of sp³-hybridized carbons (Fsp3) is 0.464. The minimum Gasteiger partial charge on any atom is -0.481 e. The zero-order valence-corrected chi connectivity index (χ0v) is 21.4. The third-order valence-corrected chi connectivity index (χ3v) is 7.97. The molecule has 0 aliphatic carbocycles. The third kappa shape index (κ3) is 6.23. The van der Waals surface area contributed by atoms with Crippen molar-refractivity contribution in [3.63, 3.8) is 0 Å². The van der Waals surface area contributed by atoms with Crippen molar-refractivity contribution < 1.29 is 14.6 Å².